The zero-order chi connectivity index (χ0) is 8.97. The van der Waals surface area contributed by atoms with Gasteiger partial charge in [-0.25, -0.2) is 0 Å². The SMILES string of the molecule is CCCN(CCCl)C(=O)C1CC1. The quantitative estimate of drug-likeness (QED) is 0.605. The van der Waals surface area contributed by atoms with Gasteiger partial charge in [-0.15, -0.1) is 11.6 Å². The largest absolute Gasteiger partial charge is 0.341 e. The molecule has 0 aliphatic heterocycles. The molecule has 0 radical (unpaired) electrons. The second-order valence-electron chi connectivity index (χ2n) is 3.29. The number of nitrogens with zero attached hydrogens (tertiary/aromatic N) is 1. The van der Waals surface area contributed by atoms with Gasteiger partial charge < -0.3 is 4.90 Å². The molecule has 0 aromatic carbocycles. The van der Waals surface area contributed by atoms with Gasteiger partial charge >= 0.3 is 0 Å². The van der Waals surface area contributed by atoms with E-state index in [0.717, 1.165) is 25.8 Å². The van der Waals surface area contributed by atoms with E-state index in [9.17, 15) is 4.79 Å². The third-order valence-corrected chi connectivity index (χ3v) is 2.26. The van der Waals surface area contributed by atoms with Gasteiger partial charge in [0.25, 0.3) is 0 Å². The molecule has 0 heterocycles. The Morgan fingerprint density at radius 1 is 1.50 bits per heavy atom. The van der Waals surface area contributed by atoms with E-state index < -0.39 is 0 Å². The number of hydrogen-bond donors (Lipinski definition) is 0. The molecule has 1 fully saturated rings. The minimum atomic E-state index is 0.317. The highest BCUT2D eigenvalue weighted by Crippen LogP contribution is 2.30. The van der Waals surface area contributed by atoms with Crippen LogP contribution >= 0.6 is 11.6 Å². The van der Waals surface area contributed by atoms with E-state index >= 15 is 0 Å². The van der Waals surface area contributed by atoms with Crippen LogP contribution in [0.15, 0.2) is 0 Å². The van der Waals surface area contributed by atoms with Crippen LogP contribution in [0.2, 0.25) is 0 Å². The molecule has 1 rings (SSSR count). The maximum Gasteiger partial charge on any atom is 0.225 e. The number of alkyl halides is 1. The molecule has 0 unspecified atom stereocenters. The van der Waals surface area contributed by atoms with Crippen molar-refractivity contribution in [1.29, 1.82) is 0 Å². The molecule has 12 heavy (non-hydrogen) atoms. The van der Waals surface area contributed by atoms with Crippen LogP contribution in [-0.4, -0.2) is 29.8 Å². The maximum atomic E-state index is 11.6. The zero-order valence-electron chi connectivity index (χ0n) is 7.55. The lowest BCUT2D eigenvalue weighted by Gasteiger charge is -2.20. The number of halogens is 1. The number of carbonyl (C=O) groups excluding carboxylic acids is 1. The van der Waals surface area contributed by atoms with Crippen molar-refractivity contribution in [2.45, 2.75) is 26.2 Å². The molecule has 0 spiro atoms. The summed E-state index contributed by atoms with van der Waals surface area (Å²) < 4.78 is 0. The average molecular weight is 190 g/mol. The first kappa shape index (κ1) is 9.85. The summed E-state index contributed by atoms with van der Waals surface area (Å²) in [5.41, 5.74) is 0. The van der Waals surface area contributed by atoms with Gasteiger partial charge in [-0.05, 0) is 19.3 Å². The molecule has 0 aromatic rings. The second kappa shape index (κ2) is 4.70. The first-order chi connectivity index (χ1) is 5.79. The number of amides is 1. The highest BCUT2D eigenvalue weighted by atomic mass is 35.5. The van der Waals surface area contributed by atoms with Crippen LogP contribution in [0.25, 0.3) is 0 Å². The van der Waals surface area contributed by atoms with Crippen LogP contribution in [0.3, 0.4) is 0 Å². The third-order valence-electron chi connectivity index (χ3n) is 2.09. The van der Waals surface area contributed by atoms with Crippen molar-refractivity contribution < 1.29 is 4.79 Å². The second-order valence-corrected chi connectivity index (χ2v) is 3.67. The van der Waals surface area contributed by atoms with Gasteiger partial charge in [-0.3, -0.25) is 4.79 Å². The first-order valence-corrected chi connectivity index (χ1v) is 5.17. The normalized spacial score (nSPS) is 16.2. The van der Waals surface area contributed by atoms with Crippen LogP contribution in [0.4, 0.5) is 0 Å². The van der Waals surface area contributed by atoms with E-state index in [1.54, 1.807) is 0 Å². The lowest BCUT2D eigenvalue weighted by molar-refractivity contribution is -0.132. The summed E-state index contributed by atoms with van der Waals surface area (Å²) >= 11 is 5.61. The van der Waals surface area contributed by atoms with Gasteiger partial charge in [0.05, 0.1) is 0 Å². The van der Waals surface area contributed by atoms with Crippen LogP contribution in [-0.2, 0) is 4.79 Å². The van der Waals surface area contributed by atoms with E-state index in [1.165, 1.54) is 0 Å². The molecule has 1 amide bonds. The molecule has 0 atom stereocenters. The fraction of sp³-hybridized carbons (Fsp3) is 0.889. The smallest absolute Gasteiger partial charge is 0.225 e. The van der Waals surface area contributed by atoms with Crippen LogP contribution in [0.1, 0.15) is 26.2 Å². The number of carbonyl (C=O) groups is 1. The Morgan fingerprint density at radius 2 is 2.17 bits per heavy atom. The van der Waals surface area contributed by atoms with Gasteiger partial charge in [0.1, 0.15) is 0 Å². The summed E-state index contributed by atoms with van der Waals surface area (Å²) in [6, 6.07) is 0. The Labute approximate surface area is 78.9 Å². The van der Waals surface area contributed by atoms with Crippen LogP contribution < -0.4 is 0 Å². The van der Waals surface area contributed by atoms with Crippen molar-refractivity contribution in [2.75, 3.05) is 19.0 Å². The van der Waals surface area contributed by atoms with Crippen molar-refractivity contribution in [1.82, 2.24) is 4.90 Å². The minimum absolute atomic E-state index is 0.317. The fourth-order valence-corrected chi connectivity index (χ4v) is 1.50. The van der Waals surface area contributed by atoms with Gasteiger partial charge in [-0.1, -0.05) is 6.92 Å². The Bertz CT molecular complexity index is 151. The summed E-state index contributed by atoms with van der Waals surface area (Å²) in [6.07, 6.45) is 3.19. The Morgan fingerprint density at radius 3 is 2.58 bits per heavy atom. The first-order valence-electron chi connectivity index (χ1n) is 4.64. The van der Waals surface area contributed by atoms with E-state index in [0.29, 0.717) is 24.2 Å². The highest BCUT2D eigenvalue weighted by molar-refractivity contribution is 6.18. The molecule has 0 bridgehead atoms. The fourth-order valence-electron chi connectivity index (χ4n) is 1.29. The molecule has 0 saturated heterocycles. The van der Waals surface area contributed by atoms with Gasteiger partial charge in [0.2, 0.25) is 5.91 Å². The van der Waals surface area contributed by atoms with Crippen LogP contribution in [0.5, 0.6) is 0 Å². The van der Waals surface area contributed by atoms with E-state index in [-0.39, 0.29) is 0 Å². The van der Waals surface area contributed by atoms with E-state index in [1.807, 2.05) is 4.90 Å². The molecular weight excluding hydrogens is 174 g/mol. The molecule has 70 valence electrons. The Balaban J connectivity index is 2.33. The van der Waals surface area contributed by atoms with Crippen molar-refractivity contribution in [2.24, 2.45) is 5.92 Å². The molecule has 1 saturated carbocycles. The number of rotatable bonds is 5. The Hall–Kier alpha value is -0.240. The number of hydrogen-bond acceptors (Lipinski definition) is 1. The topological polar surface area (TPSA) is 20.3 Å². The Kier molecular flexibility index (Phi) is 3.86. The molecule has 1 aliphatic carbocycles. The molecule has 2 nitrogen and oxygen atoms in total. The molecule has 1 aliphatic rings. The minimum Gasteiger partial charge on any atom is -0.341 e. The maximum absolute atomic E-state index is 11.6. The predicted molar refractivity (Wildman–Crippen MR) is 50.3 cm³/mol. The van der Waals surface area contributed by atoms with E-state index in [2.05, 4.69) is 6.92 Å². The van der Waals surface area contributed by atoms with Gasteiger partial charge in [0, 0.05) is 24.9 Å². The van der Waals surface area contributed by atoms with E-state index in [4.69, 9.17) is 11.6 Å². The van der Waals surface area contributed by atoms with Gasteiger partial charge in [-0.2, -0.15) is 0 Å². The lowest BCUT2D eigenvalue weighted by atomic mass is 10.3. The third kappa shape index (κ3) is 2.67. The predicted octanol–water partition coefficient (Wildman–Crippen LogP) is 1.87. The lowest BCUT2D eigenvalue weighted by Crippen LogP contribution is -2.34. The summed E-state index contributed by atoms with van der Waals surface area (Å²) in [4.78, 5) is 13.4. The zero-order valence-corrected chi connectivity index (χ0v) is 8.31. The standard InChI is InChI=1S/C9H16ClNO/c1-2-6-11(7-5-10)9(12)8-3-4-8/h8H,2-7H2,1H3. The van der Waals surface area contributed by atoms with Crippen molar-refractivity contribution in [3.63, 3.8) is 0 Å². The van der Waals surface area contributed by atoms with Gasteiger partial charge in [0.15, 0.2) is 0 Å². The molecule has 0 aromatic heterocycles. The summed E-state index contributed by atoms with van der Waals surface area (Å²) in [5, 5.41) is 0. The molecule has 0 N–H and O–H groups in total. The molecular formula is C9H16ClNO. The van der Waals surface area contributed by atoms with Crippen molar-refractivity contribution in [3.8, 4) is 0 Å². The monoisotopic (exact) mass is 189 g/mol. The highest BCUT2D eigenvalue weighted by Gasteiger charge is 2.32. The molecule has 3 heteroatoms. The van der Waals surface area contributed by atoms with Crippen molar-refractivity contribution in [3.05, 3.63) is 0 Å². The summed E-state index contributed by atoms with van der Waals surface area (Å²) in [5.74, 6) is 1.20. The van der Waals surface area contributed by atoms with Crippen LogP contribution in [0, 0.1) is 5.92 Å². The van der Waals surface area contributed by atoms with Crippen molar-refractivity contribution >= 4 is 17.5 Å². The average Bonchev–Trinajstić information content (AvgIpc) is 2.85. The summed E-state index contributed by atoms with van der Waals surface area (Å²) in [6.45, 7) is 3.66. The summed E-state index contributed by atoms with van der Waals surface area (Å²) in [7, 11) is 0.